The smallest absolute Gasteiger partial charge is 0.162 e. The van der Waals surface area contributed by atoms with Crippen LogP contribution >= 0.6 is 0 Å². The summed E-state index contributed by atoms with van der Waals surface area (Å²) in [5, 5.41) is 0. The number of hydrogen-bond acceptors (Lipinski definition) is 4. The van der Waals surface area contributed by atoms with E-state index in [-0.39, 0.29) is 0 Å². The first-order valence-electron chi connectivity index (χ1n) is 8.56. The molecule has 0 amide bonds. The van der Waals surface area contributed by atoms with Gasteiger partial charge in [-0.15, -0.1) is 0 Å². The Kier molecular flexibility index (Phi) is 4.25. The largest absolute Gasteiger partial charge is 0.356 e. The van der Waals surface area contributed by atoms with Gasteiger partial charge in [0, 0.05) is 43.1 Å². The molecule has 2 heterocycles. The van der Waals surface area contributed by atoms with Gasteiger partial charge in [-0.1, -0.05) is 60.7 Å². The van der Waals surface area contributed by atoms with E-state index in [1.165, 1.54) is 0 Å². The molecule has 4 heteroatoms. The third-order valence-corrected chi connectivity index (χ3v) is 4.46. The van der Waals surface area contributed by atoms with E-state index in [9.17, 15) is 4.79 Å². The Morgan fingerprint density at radius 1 is 0.760 bits per heavy atom. The van der Waals surface area contributed by atoms with E-state index in [0.717, 1.165) is 35.7 Å². The van der Waals surface area contributed by atoms with Gasteiger partial charge in [-0.25, -0.2) is 9.97 Å². The van der Waals surface area contributed by atoms with Crippen LogP contribution in [-0.2, 0) is 4.79 Å². The van der Waals surface area contributed by atoms with E-state index in [2.05, 4.69) is 17.0 Å². The van der Waals surface area contributed by atoms with Gasteiger partial charge in [-0.3, -0.25) is 4.79 Å². The third kappa shape index (κ3) is 3.43. The number of nitrogens with zero attached hydrogens (tertiary/aromatic N) is 3. The highest BCUT2D eigenvalue weighted by Gasteiger charge is 2.19. The van der Waals surface area contributed by atoms with Crippen molar-refractivity contribution in [3.63, 3.8) is 0 Å². The third-order valence-electron chi connectivity index (χ3n) is 4.46. The molecule has 0 saturated carbocycles. The van der Waals surface area contributed by atoms with Crippen LogP contribution in [0, 0.1) is 0 Å². The second kappa shape index (κ2) is 6.85. The minimum Gasteiger partial charge on any atom is -0.356 e. The molecule has 3 aromatic rings. The van der Waals surface area contributed by atoms with Crippen LogP contribution in [0.25, 0.3) is 22.6 Å². The van der Waals surface area contributed by atoms with Gasteiger partial charge in [0.2, 0.25) is 0 Å². The summed E-state index contributed by atoms with van der Waals surface area (Å²) in [4.78, 5) is 23.3. The molecule has 0 unspecified atom stereocenters. The zero-order valence-electron chi connectivity index (χ0n) is 13.9. The molecular formula is C21H19N3O. The molecule has 4 nitrogen and oxygen atoms in total. The number of rotatable bonds is 3. The van der Waals surface area contributed by atoms with Crippen LogP contribution < -0.4 is 4.90 Å². The van der Waals surface area contributed by atoms with E-state index in [1.54, 1.807) is 0 Å². The van der Waals surface area contributed by atoms with E-state index in [4.69, 9.17) is 9.97 Å². The lowest BCUT2D eigenvalue weighted by Crippen LogP contribution is -2.34. The number of benzene rings is 2. The molecule has 124 valence electrons. The highest BCUT2D eigenvalue weighted by atomic mass is 16.1. The molecule has 4 rings (SSSR count). The fourth-order valence-corrected chi connectivity index (χ4v) is 3.05. The Morgan fingerprint density at radius 2 is 1.36 bits per heavy atom. The lowest BCUT2D eigenvalue weighted by atomic mass is 10.1. The van der Waals surface area contributed by atoms with E-state index in [1.807, 2.05) is 54.6 Å². The van der Waals surface area contributed by atoms with Gasteiger partial charge in [0.25, 0.3) is 0 Å². The summed E-state index contributed by atoms with van der Waals surface area (Å²) in [6, 6.07) is 22.2. The quantitative estimate of drug-likeness (QED) is 0.729. The van der Waals surface area contributed by atoms with Gasteiger partial charge >= 0.3 is 0 Å². The average molecular weight is 329 g/mol. The van der Waals surface area contributed by atoms with Crippen LogP contribution in [0.1, 0.15) is 12.8 Å². The molecule has 1 fully saturated rings. The van der Waals surface area contributed by atoms with Crippen molar-refractivity contribution in [2.45, 2.75) is 12.8 Å². The normalized spacial score (nSPS) is 14.6. The SMILES string of the molecule is O=C1CCN(c2cc(-c3ccccc3)nc(-c3ccccc3)n2)CC1. The molecule has 0 radical (unpaired) electrons. The number of Topliss-reactive ketones (excluding diaryl/α,β-unsaturated/α-hetero) is 1. The first-order chi connectivity index (χ1) is 12.3. The van der Waals surface area contributed by atoms with Crippen molar-refractivity contribution in [1.29, 1.82) is 0 Å². The number of anilines is 1. The summed E-state index contributed by atoms with van der Waals surface area (Å²) in [5.41, 5.74) is 2.97. The van der Waals surface area contributed by atoms with Gasteiger partial charge in [0.15, 0.2) is 5.82 Å². The predicted molar refractivity (Wildman–Crippen MR) is 99.4 cm³/mol. The monoisotopic (exact) mass is 329 g/mol. The summed E-state index contributed by atoms with van der Waals surface area (Å²) in [6.07, 6.45) is 1.18. The molecule has 1 aliphatic rings. The van der Waals surface area contributed by atoms with Gasteiger partial charge in [-0.05, 0) is 0 Å². The summed E-state index contributed by atoms with van der Waals surface area (Å²) in [6.45, 7) is 1.44. The van der Waals surface area contributed by atoms with Gasteiger partial charge in [-0.2, -0.15) is 0 Å². The minimum absolute atomic E-state index is 0.330. The minimum atomic E-state index is 0.330. The molecule has 0 atom stereocenters. The summed E-state index contributed by atoms with van der Waals surface area (Å²) in [7, 11) is 0. The number of ketones is 1. The van der Waals surface area contributed by atoms with Crippen molar-refractivity contribution in [1.82, 2.24) is 9.97 Å². The average Bonchev–Trinajstić information content (AvgIpc) is 2.69. The highest BCUT2D eigenvalue weighted by molar-refractivity contribution is 5.81. The molecule has 1 aliphatic heterocycles. The van der Waals surface area contributed by atoms with Crippen LogP contribution in [0.4, 0.5) is 5.82 Å². The number of carbonyl (C=O) groups is 1. The maximum Gasteiger partial charge on any atom is 0.162 e. The highest BCUT2D eigenvalue weighted by Crippen LogP contribution is 2.27. The molecular weight excluding hydrogens is 310 g/mol. The fraction of sp³-hybridized carbons (Fsp3) is 0.190. The van der Waals surface area contributed by atoms with Crippen molar-refractivity contribution in [2.75, 3.05) is 18.0 Å². The number of piperidine rings is 1. The lowest BCUT2D eigenvalue weighted by Gasteiger charge is -2.27. The van der Waals surface area contributed by atoms with Crippen molar-refractivity contribution >= 4 is 11.6 Å². The van der Waals surface area contributed by atoms with Crippen LogP contribution in [0.5, 0.6) is 0 Å². The lowest BCUT2D eigenvalue weighted by molar-refractivity contribution is -0.119. The number of hydrogen-bond donors (Lipinski definition) is 0. The first kappa shape index (κ1) is 15.5. The van der Waals surface area contributed by atoms with Crippen LogP contribution in [0.2, 0.25) is 0 Å². The van der Waals surface area contributed by atoms with Crippen molar-refractivity contribution in [3.05, 3.63) is 66.7 Å². The molecule has 2 aromatic carbocycles. The summed E-state index contributed by atoms with van der Waals surface area (Å²) >= 11 is 0. The standard InChI is InChI=1S/C21H19N3O/c25-18-11-13-24(14-12-18)20-15-19(16-7-3-1-4-8-16)22-21(23-20)17-9-5-2-6-10-17/h1-10,15H,11-14H2. The first-order valence-corrected chi connectivity index (χ1v) is 8.56. The van der Waals surface area contributed by atoms with Gasteiger partial charge in [0.1, 0.15) is 11.6 Å². The second-order valence-electron chi connectivity index (χ2n) is 6.19. The summed E-state index contributed by atoms with van der Waals surface area (Å²) < 4.78 is 0. The Hall–Kier alpha value is -3.01. The number of carbonyl (C=O) groups excluding carboxylic acids is 1. The zero-order chi connectivity index (χ0) is 17.1. The molecule has 0 bridgehead atoms. The molecule has 0 aliphatic carbocycles. The van der Waals surface area contributed by atoms with E-state index in [0.29, 0.717) is 24.4 Å². The van der Waals surface area contributed by atoms with Gasteiger partial charge < -0.3 is 4.90 Å². The zero-order valence-corrected chi connectivity index (χ0v) is 13.9. The molecule has 0 spiro atoms. The summed E-state index contributed by atoms with van der Waals surface area (Å²) in [5.74, 6) is 1.94. The second-order valence-corrected chi connectivity index (χ2v) is 6.19. The van der Waals surface area contributed by atoms with Crippen LogP contribution in [0.3, 0.4) is 0 Å². The Balaban J connectivity index is 1.79. The van der Waals surface area contributed by atoms with Crippen molar-refractivity contribution in [3.8, 4) is 22.6 Å². The molecule has 25 heavy (non-hydrogen) atoms. The molecule has 0 N–H and O–H groups in total. The Bertz CT molecular complexity index is 810. The Morgan fingerprint density at radius 3 is 2.00 bits per heavy atom. The Labute approximate surface area is 147 Å². The van der Waals surface area contributed by atoms with Crippen LogP contribution in [-0.4, -0.2) is 28.8 Å². The number of aromatic nitrogens is 2. The predicted octanol–water partition coefficient (Wildman–Crippen LogP) is 3.98. The van der Waals surface area contributed by atoms with E-state index >= 15 is 0 Å². The van der Waals surface area contributed by atoms with Crippen molar-refractivity contribution < 1.29 is 4.79 Å². The maximum absolute atomic E-state index is 11.6. The fourth-order valence-electron chi connectivity index (χ4n) is 3.05. The van der Waals surface area contributed by atoms with E-state index < -0.39 is 0 Å². The van der Waals surface area contributed by atoms with Crippen LogP contribution in [0.15, 0.2) is 66.7 Å². The van der Waals surface area contributed by atoms with Gasteiger partial charge in [0.05, 0.1) is 5.69 Å². The molecule has 1 saturated heterocycles. The topological polar surface area (TPSA) is 46.1 Å². The maximum atomic E-state index is 11.6. The molecule has 1 aromatic heterocycles. The van der Waals surface area contributed by atoms with Crippen molar-refractivity contribution in [2.24, 2.45) is 0 Å².